The SMILES string of the molecule is CN1CCC[C@H]1COc1ccc(-c2ccc(C(=O)NC3(C(=O)NCC#N)CCCCC3)cc2)cc1. The first-order chi connectivity index (χ1) is 17.0. The molecule has 0 spiro atoms. The lowest BCUT2D eigenvalue weighted by atomic mass is 9.80. The van der Waals surface area contributed by atoms with Crippen LogP contribution < -0.4 is 15.4 Å². The Morgan fingerprint density at radius 3 is 2.29 bits per heavy atom. The van der Waals surface area contributed by atoms with Crippen molar-refractivity contribution in [3.63, 3.8) is 0 Å². The van der Waals surface area contributed by atoms with E-state index >= 15 is 0 Å². The van der Waals surface area contributed by atoms with Gasteiger partial charge >= 0.3 is 0 Å². The van der Waals surface area contributed by atoms with Crippen LogP contribution >= 0.6 is 0 Å². The first-order valence-electron chi connectivity index (χ1n) is 12.5. The van der Waals surface area contributed by atoms with Gasteiger partial charge in [0.1, 0.15) is 24.4 Å². The molecule has 2 fully saturated rings. The Balaban J connectivity index is 1.38. The lowest BCUT2D eigenvalue weighted by Gasteiger charge is -2.36. The molecule has 2 aliphatic rings. The highest BCUT2D eigenvalue weighted by Crippen LogP contribution is 2.29. The summed E-state index contributed by atoms with van der Waals surface area (Å²) < 4.78 is 5.98. The topological polar surface area (TPSA) is 94.5 Å². The number of ether oxygens (including phenoxy) is 1. The van der Waals surface area contributed by atoms with Gasteiger partial charge in [0.15, 0.2) is 0 Å². The molecule has 2 aromatic carbocycles. The third kappa shape index (κ3) is 6.01. The number of carbonyl (C=O) groups is 2. The predicted molar refractivity (Wildman–Crippen MR) is 135 cm³/mol. The van der Waals surface area contributed by atoms with Crippen molar-refractivity contribution in [1.82, 2.24) is 15.5 Å². The summed E-state index contributed by atoms with van der Waals surface area (Å²) in [6.07, 6.45) is 6.36. The van der Waals surface area contributed by atoms with Crippen molar-refractivity contribution < 1.29 is 14.3 Å². The zero-order chi connectivity index (χ0) is 24.7. The minimum atomic E-state index is -0.950. The molecule has 7 heteroatoms. The molecule has 1 saturated heterocycles. The van der Waals surface area contributed by atoms with Gasteiger partial charge in [-0.3, -0.25) is 9.59 Å². The van der Waals surface area contributed by atoms with E-state index < -0.39 is 5.54 Å². The molecule has 1 atom stereocenters. The second-order valence-corrected chi connectivity index (χ2v) is 9.63. The summed E-state index contributed by atoms with van der Waals surface area (Å²) in [6, 6.07) is 17.8. The van der Waals surface area contributed by atoms with Crippen LogP contribution in [0.5, 0.6) is 5.75 Å². The van der Waals surface area contributed by atoms with Gasteiger partial charge < -0.3 is 20.3 Å². The fraction of sp³-hybridized carbons (Fsp3) is 0.464. The largest absolute Gasteiger partial charge is 0.492 e. The van der Waals surface area contributed by atoms with Crippen molar-refractivity contribution in [2.24, 2.45) is 0 Å². The van der Waals surface area contributed by atoms with Crippen molar-refractivity contribution in [2.75, 3.05) is 26.7 Å². The number of rotatable bonds is 8. The van der Waals surface area contributed by atoms with Gasteiger partial charge in [0.25, 0.3) is 5.91 Å². The van der Waals surface area contributed by atoms with E-state index in [0.29, 0.717) is 31.1 Å². The molecule has 1 saturated carbocycles. The number of nitriles is 1. The first kappa shape index (κ1) is 24.7. The maximum Gasteiger partial charge on any atom is 0.252 e. The van der Waals surface area contributed by atoms with Crippen LogP contribution in [0.1, 0.15) is 55.3 Å². The highest BCUT2D eigenvalue weighted by atomic mass is 16.5. The summed E-state index contributed by atoms with van der Waals surface area (Å²) >= 11 is 0. The molecular weight excluding hydrogens is 440 g/mol. The van der Waals surface area contributed by atoms with Crippen LogP contribution in [0.3, 0.4) is 0 Å². The van der Waals surface area contributed by atoms with Crippen molar-refractivity contribution in [3.8, 4) is 22.9 Å². The summed E-state index contributed by atoms with van der Waals surface area (Å²) in [4.78, 5) is 28.1. The number of hydrogen-bond donors (Lipinski definition) is 2. The van der Waals surface area contributed by atoms with Gasteiger partial charge in [0.05, 0.1) is 6.07 Å². The third-order valence-corrected chi connectivity index (χ3v) is 7.27. The van der Waals surface area contributed by atoms with Gasteiger partial charge in [0, 0.05) is 11.6 Å². The zero-order valence-corrected chi connectivity index (χ0v) is 20.4. The monoisotopic (exact) mass is 474 g/mol. The molecule has 2 N–H and O–H groups in total. The number of likely N-dealkylation sites (N-methyl/N-ethyl adjacent to an activating group) is 1. The number of nitrogens with one attached hydrogen (secondary N) is 2. The Hall–Kier alpha value is -3.37. The van der Waals surface area contributed by atoms with Crippen LogP contribution in [0.2, 0.25) is 0 Å². The van der Waals surface area contributed by atoms with Crippen molar-refractivity contribution >= 4 is 11.8 Å². The Morgan fingerprint density at radius 1 is 1.03 bits per heavy atom. The summed E-state index contributed by atoms with van der Waals surface area (Å²) in [7, 11) is 2.15. The molecule has 0 aromatic heterocycles. The van der Waals surface area contributed by atoms with E-state index in [4.69, 9.17) is 10.00 Å². The van der Waals surface area contributed by atoms with Gasteiger partial charge in [0.2, 0.25) is 5.91 Å². The third-order valence-electron chi connectivity index (χ3n) is 7.27. The molecule has 2 aromatic rings. The number of benzene rings is 2. The number of hydrogen-bond acceptors (Lipinski definition) is 5. The number of amides is 2. The Morgan fingerprint density at radius 2 is 1.69 bits per heavy atom. The minimum Gasteiger partial charge on any atom is -0.492 e. The number of carbonyl (C=O) groups excluding carboxylic acids is 2. The zero-order valence-electron chi connectivity index (χ0n) is 20.4. The van der Waals surface area contributed by atoms with Crippen molar-refractivity contribution in [3.05, 3.63) is 54.1 Å². The van der Waals surface area contributed by atoms with E-state index in [2.05, 4.69) is 22.6 Å². The van der Waals surface area contributed by atoms with Crippen LogP contribution in [-0.4, -0.2) is 55.0 Å². The molecule has 2 amide bonds. The van der Waals surface area contributed by atoms with Crippen molar-refractivity contribution in [2.45, 2.75) is 56.5 Å². The maximum atomic E-state index is 13.0. The van der Waals surface area contributed by atoms with E-state index in [0.717, 1.165) is 42.7 Å². The van der Waals surface area contributed by atoms with Crippen LogP contribution in [0.15, 0.2) is 48.5 Å². The summed E-state index contributed by atoms with van der Waals surface area (Å²) in [5.74, 6) is 0.314. The Bertz CT molecular complexity index is 1050. The smallest absolute Gasteiger partial charge is 0.252 e. The average molecular weight is 475 g/mol. The van der Waals surface area contributed by atoms with Crippen LogP contribution in [0.25, 0.3) is 11.1 Å². The second-order valence-electron chi connectivity index (χ2n) is 9.63. The Kier molecular flexibility index (Phi) is 8.04. The molecule has 7 nitrogen and oxygen atoms in total. The van der Waals surface area contributed by atoms with Gasteiger partial charge in [-0.15, -0.1) is 0 Å². The van der Waals surface area contributed by atoms with E-state index in [-0.39, 0.29) is 18.4 Å². The lowest BCUT2D eigenvalue weighted by molar-refractivity contribution is -0.128. The standard InChI is InChI=1S/C28H34N4O3/c1-32-19-5-6-24(32)20-35-25-13-11-22(12-14-25)21-7-9-23(10-8-21)26(33)31-28(15-3-2-4-16-28)27(34)30-18-17-29/h7-14,24H,2-6,15-16,18-20H2,1H3,(H,30,34)(H,31,33)/t24-/m0/s1. The highest BCUT2D eigenvalue weighted by Gasteiger charge is 2.40. The van der Waals surface area contributed by atoms with Gasteiger partial charge in [-0.05, 0) is 74.7 Å². The van der Waals surface area contributed by atoms with E-state index in [9.17, 15) is 9.59 Å². The summed E-state index contributed by atoms with van der Waals surface area (Å²) in [6.45, 7) is 1.78. The first-order valence-corrected chi connectivity index (χ1v) is 12.5. The highest BCUT2D eigenvalue weighted by molar-refractivity contribution is 5.99. The van der Waals surface area contributed by atoms with E-state index in [1.165, 1.54) is 12.8 Å². The molecule has 184 valence electrons. The maximum absolute atomic E-state index is 13.0. The van der Waals surface area contributed by atoms with Gasteiger partial charge in [-0.25, -0.2) is 0 Å². The quantitative estimate of drug-likeness (QED) is 0.566. The summed E-state index contributed by atoms with van der Waals surface area (Å²) in [5.41, 5.74) is 1.60. The van der Waals surface area contributed by atoms with Crippen LogP contribution in [0, 0.1) is 11.3 Å². The van der Waals surface area contributed by atoms with E-state index in [1.54, 1.807) is 12.1 Å². The molecule has 0 bridgehead atoms. The van der Waals surface area contributed by atoms with Gasteiger partial charge in [-0.1, -0.05) is 43.5 Å². The molecule has 1 heterocycles. The summed E-state index contributed by atoms with van der Waals surface area (Å²) in [5, 5.41) is 14.4. The molecule has 0 unspecified atom stereocenters. The molecule has 4 rings (SSSR count). The fourth-order valence-corrected chi connectivity index (χ4v) is 5.08. The fourth-order valence-electron chi connectivity index (χ4n) is 5.08. The number of likely N-dealkylation sites (tertiary alicyclic amines) is 1. The lowest BCUT2D eigenvalue weighted by Crippen LogP contribution is -2.59. The molecule has 1 aliphatic carbocycles. The Labute approximate surface area is 207 Å². The van der Waals surface area contributed by atoms with E-state index in [1.807, 2.05) is 42.5 Å². The van der Waals surface area contributed by atoms with Gasteiger partial charge in [-0.2, -0.15) is 5.26 Å². The van der Waals surface area contributed by atoms with Crippen LogP contribution in [-0.2, 0) is 4.79 Å². The average Bonchev–Trinajstić information content (AvgIpc) is 3.31. The van der Waals surface area contributed by atoms with Crippen LogP contribution in [0.4, 0.5) is 0 Å². The second kappa shape index (κ2) is 11.4. The minimum absolute atomic E-state index is 0.0629. The number of nitrogens with zero attached hydrogens (tertiary/aromatic N) is 2. The van der Waals surface area contributed by atoms with Crippen molar-refractivity contribution in [1.29, 1.82) is 5.26 Å². The molecule has 0 radical (unpaired) electrons. The normalized spacial score (nSPS) is 19.5. The molecule has 35 heavy (non-hydrogen) atoms. The molecular formula is C28H34N4O3. The molecule has 1 aliphatic heterocycles. The predicted octanol–water partition coefficient (Wildman–Crippen LogP) is 3.90.